The van der Waals surface area contributed by atoms with Crippen molar-refractivity contribution in [2.45, 2.75) is 386 Å². The molecule has 0 radical (unpaired) electrons. The fourth-order valence-electron chi connectivity index (χ4n) is 10.4. The third-order valence-electron chi connectivity index (χ3n) is 15.6. The number of hydrogen-bond donors (Lipinski definition) is 0. The van der Waals surface area contributed by atoms with Crippen molar-refractivity contribution >= 4 is 17.9 Å². The molecule has 0 fully saturated rings. The zero-order chi connectivity index (χ0) is 55.7. The van der Waals surface area contributed by atoms with E-state index in [9.17, 15) is 14.4 Å². The molecule has 0 aromatic rings. The summed E-state index contributed by atoms with van der Waals surface area (Å²) in [5.74, 6) is -0.870. The van der Waals surface area contributed by atoms with Crippen molar-refractivity contribution in [3.8, 4) is 0 Å². The molecule has 0 aliphatic rings. The Labute approximate surface area is 480 Å². The molecule has 0 aromatic carbocycles. The number of carbonyl (C=O) groups excluding carboxylic acids is 3. The summed E-state index contributed by atoms with van der Waals surface area (Å²) in [6.45, 7) is 6.62. The molecule has 6 heteroatoms. The zero-order valence-corrected chi connectivity index (χ0v) is 52.0. The van der Waals surface area contributed by atoms with Crippen LogP contribution >= 0.6 is 0 Å². The lowest BCUT2D eigenvalue weighted by molar-refractivity contribution is -0.167. The molecule has 452 valence electrons. The van der Waals surface area contributed by atoms with Gasteiger partial charge in [0, 0.05) is 19.3 Å². The molecule has 6 nitrogen and oxygen atoms in total. The van der Waals surface area contributed by atoms with Gasteiger partial charge in [-0.25, -0.2) is 0 Å². The topological polar surface area (TPSA) is 78.9 Å². The average Bonchev–Trinajstić information content (AvgIpc) is 3.43. The molecule has 0 saturated carbocycles. The van der Waals surface area contributed by atoms with E-state index in [-0.39, 0.29) is 31.1 Å². The minimum absolute atomic E-state index is 0.0741. The number of hydrogen-bond acceptors (Lipinski definition) is 6. The van der Waals surface area contributed by atoms with Crippen molar-refractivity contribution in [1.29, 1.82) is 0 Å². The second-order valence-electron chi connectivity index (χ2n) is 23.4. The van der Waals surface area contributed by atoms with Gasteiger partial charge in [-0.3, -0.25) is 14.4 Å². The normalized spacial score (nSPS) is 12.2. The van der Waals surface area contributed by atoms with Gasteiger partial charge in [0.2, 0.25) is 0 Å². The van der Waals surface area contributed by atoms with Crippen LogP contribution < -0.4 is 0 Å². The third kappa shape index (κ3) is 64.3. The maximum Gasteiger partial charge on any atom is 0.306 e. The van der Waals surface area contributed by atoms with E-state index in [0.29, 0.717) is 19.3 Å². The van der Waals surface area contributed by atoms with E-state index < -0.39 is 6.10 Å². The first kappa shape index (κ1) is 74.6. The predicted molar refractivity (Wildman–Crippen MR) is 335 cm³/mol. The second kappa shape index (κ2) is 66.1. The molecule has 0 aromatic heterocycles. The van der Waals surface area contributed by atoms with Crippen molar-refractivity contribution in [2.24, 2.45) is 0 Å². The molecule has 0 spiro atoms. The van der Waals surface area contributed by atoms with Crippen LogP contribution in [0.15, 0.2) is 36.5 Å². The first-order valence-corrected chi connectivity index (χ1v) is 34.5. The lowest BCUT2D eigenvalue weighted by atomic mass is 10.0. The van der Waals surface area contributed by atoms with Gasteiger partial charge >= 0.3 is 17.9 Å². The summed E-state index contributed by atoms with van der Waals surface area (Å²) in [5.41, 5.74) is 0. The van der Waals surface area contributed by atoms with Gasteiger partial charge in [-0.15, -0.1) is 0 Å². The average molecular weight is 1080 g/mol. The highest BCUT2D eigenvalue weighted by molar-refractivity contribution is 5.71. The minimum Gasteiger partial charge on any atom is -0.462 e. The number of carbonyl (C=O) groups is 3. The summed E-state index contributed by atoms with van der Waals surface area (Å²) in [6, 6.07) is 0. The Bertz CT molecular complexity index is 1290. The quantitative estimate of drug-likeness (QED) is 0.0261. The maximum atomic E-state index is 12.9. The molecule has 77 heavy (non-hydrogen) atoms. The maximum absolute atomic E-state index is 12.9. The van der Waals surface area contributed by atoms with Crippen LogP contribution in [0.3, 0.4) is 0 Å². The summed E-state index contributed by atoms with van der Waals surface area (Å²) >= 11 is 0. The Morgan fingerprint density at radius 3 is 0.792 bits per heavy atom. The van der Waals surface area contributed by atoms with Gasteiger partial charge < -0.3 is 14.2 Å². The van der Waals surface area contributed by atoms with E-state index in [0.717, 1.165) is 77.0 Å². The van der Waals surface area contributed by atoms with Gasteiger partial charge in [0.1, 0.15) is 13.2 Å². The molecule has 0 amide bonds. The number of ether oxygens (including phenoxy) is 3. The van der Waals surface area contributed by atoms with Crippen LogP contribution in [0, 0.1) is 0 Å². The van der Waals surface area contributed by atoms with Gasteiger partial charge in [0.05, 0.1) is 0 Å². The van der Waals surface area contributed by atoms with Crippen molar-refractivity contribution in [3.63, 3.8) is 0 Å². The van der Waals surface area contributed by atoms with E-state index >= 15 is 0 Å². The van der Waals surface area contributed by atoms with Gasteiger partial charge in [-0.05, 0) is 70.6 Å². The smallest absolute Gasteiger partial charge is 0.306 e. The lowest BCUT2D eigenvalue weighted by Gasteiger charge is -2.18. The number of unbranched alkanes of at least 4 members (excludes halogenated alkanes) is 47. The van der Waals surface area contributed by atoms with Crippen molar-refractivity contribution in [1.82, 2.24) is 0 Å². The van der Waals surface area contributed by atoms with E-state index in [2.05, 4.69) is 57.2 Å². The van der Waals surface area contributed by atoms with Crippen molar-refractivity contribution in [3.05, 3.63) is 36.5 Å². The largest absolute Gasteiger partial charge is 0.462 e. The van der Waals surface area contributed by atoms with E-state index in [4.69, 9.17) is 14.2 Å². The fourth-order valence-corrected chi connectivity index (χ4v) is 10.4. The Morgan fingerprint density at radius 1 is 0.260 bits per heavy atom. The third-order valence-corrected chi connectivity index (χ3v) is 15.6. The molecule has 0 aliphatic heterocycles. The number of allylic oxidation sites excluding steroid dienone is 6. The molecule has 0 N–H and O–H groups in total. The first-order chi connectivity index (χ1) is 38.0. The monoisotopic (exact) mass is 1080 g/mol. The van der Waals surface area contributed by atoms with Crippen LogP contribution in [0.2, 0.25) is 0 Å². The highest BCUT2D eigenvalue weighted by Gasteiger charge is 2.19. The summed E-state index contributed by atoms with van der Waals surface area (Å²) < 4.78 is 16.9. The van der Waals surface area contributed by atoms with Gasteiger partial charge in [0.25, 0.3) is 0 Å². The zero-order valence-electron chi connectivity index (χ0n) is 52.0. The Hall–Kier alpha value is -2.37. The predicted octanol–water partition coefficient (Wildman–Crippen LogP) is 23.6. The number of esters is 3. The number of rotatable bonds is 64. The molecule has 1 unspecified atom stereocenters. The standard InChI is InChI=1S/C71H132O6/c1-4-7-10-13-16-19-22-24-26-28-29-30-31-32-33-34-35-36-37-38-39-40-41-43-44-46-49-52-55-58-61-64-70(73)76-67-68(66-75-69(72)63-60-57-54-51-48-21-18-15-12-9-6-3)77-71(74)65-62-59-56-53-50-47-45-42-27-25-23-20-17-14-11-8-5-2/h15,17-18,20,25,27,68H,4-14,16,19,21-24,26,28-67H2,1-3H3/b18-15-,20-17-,27-25-. The second-order valence-corrected chi connectivity index (χ2v) is 23.4. The molecule has 0 heterocycles. The van der Waals surface area contributed by atoms with Gasteiger partial charge in [-0.1, -0.05) is 327 Å². The van der Waals surface area contributed by atoms with E-state index in [1.165, 1.54) is 263 Å². The van der Waals surface area contributed by atoms with E-state index in [1.54, 1.807) is 0 Å². The van der Waals surface area contributed by atoms with Crippen LogP contribution in [-0.2, 0) is 28.6 Å². The van der Waals surface area contributed by atoms with Gasteiger partial charge in [-0.2, -0.15) is 0 Å². The first-order valence-electron chi connectivity index (χ1n) is 34.5. The minimum atomic E-state index is -0.778. The molecule has 0 rings (SSSR count). The highest BCUT2D eigenvalue weighted by Crippen LogP contribution is 2.18. The van der Waals surface area contributed by atoms with Crippen LogP contribution in [0.25, 0.3) is 0 Å². The molecular weight excluding hydrogens is 949 g/mol. The van der Waals surface area contributed by atoms with Crippen molar-refractivity contribution in [2.75, 3.05) is 13.2 Å². The molecule has 1 atom stereocenters. The van der Waals surface area contributed by atoms with Crippen molar-refractivity contribution < 1.29 is 28.6 Å². The van der Waals surface area contributed by atoms with Crippen LogP contribution in [0.5, 0.6) is 0 Å². The lowest BCUT2D eigenvalue weighted by Crippen LogP contribution is -2.30. The van der Waals surface area contributed by atoms with Crippen LogP contribution in [0.4, 0.5) is 0 Å². The summed E-state index contributed by atoms with van der Waals surface area (Å²) in [4.78, 5) is 38.3. The fraction of sp³-hybridized carbons (Fsp3) is 0.873. The Kier molecular flexibility index (Phi) is 64.1. The summed E-state index contributed by atoms with van der Waals surface area (Å²) in [7, 11) is 0. The van der Waals surface area contributed by atoms with Crippen LogP contribution in [-0.4, -0.2) is 37.2 Å². The SMILES string of the molecule is CCCC/C=C\CCCCCCCC(=O)OCC(COC(=O)CCCCCCCCCCCCCCCCCCCCCCCCCCCCCCCCC)OC(=O)CCCCCCCCC/C=C\C/C=C\CCCCC. The summed E-state index contributed by atoms with van der Waals surface area (Å²) in [6.07, 6.45) is 81.9. The highest BCUT2D eigenvalue weighted by atomic mass is 16.6. The Morgan fingerprint density at radius 2 is 0.481 bits per heavy atom. The molecule has 0 saturated heterocycles. The van der Waals surface area contributed by atoms with Gasteiger partial charge in [0.15, 0.2) is 6.10 Å². The molecular formula is C71H132O6. The molecule has 0 bridgehead atoms. The Balaban J connectivity index is 4.09. The summed E-state index contributed by atoms with van der Waals surface area (Å²) in [5, 5.41) is 0. The van der Waals surface area contributed by atoms with E-state index in [1.807, 2.05) is 0 Å². The van der Waals surface area contributed by atoms with Crippen LogP contribution in [0.1, 0.15) is 380 Å². The molecule has 0 aliphatic carbocycles.